The Morgan fingerprint density at radius 1 is 1.19 bits per heavy atom. The smallest absolute Gasteiger partial charge is 0.416 e. The third-order valence-corrected chi connectivity index (χ3v) is 3.88. The van der Waals surface area contributed by atoms with Crippen LogP contribution in [0.4, 0.5) is 13.2 Å². The summed E-state index contributed by atoms with van der Waals surface area (Å²) >= 11 is 5.93. The van der Waals surface area contributed by atoms with Gasteiger partial charge in [0.15, 0.2) is 5.78 Å². The van der Waals surface area contributed by atoms with Crippen molar-refractivity contribution in [3.63, 3.8) is 0 Å². The monoisotopic (exact) mass is 401 g/mol. The Kier molecular flexibility index (Phi) is 6.43. The van der Waals surface area contributed by atoms with Gasteiger partial charge in [0, 0.05) is 12.0 Å². The Hall–Kier alpha value is -2.61. The molecule has 2 aromatic rings. The molecule has 0 aliphatic rings. The number of ether oxygens (including phenoxy) is 1. The highest BCUT2D eigenvalue weighted by molar-refractivity contribution is 6.33. The standard InChI is InChI=1S/C18H15ClF3NO4/c1-2-27-16(26)8-7-15(25)17-14(24)6-5-13(23-17)11-4-3-10(9-12(11)19)18(20,21)22/h3-6,9,24H,2,7-8H2,1H3. The second-order valence-electron chi connectivity index (χ2n) is 5.48. The van der Waals surface area contributed by atoms with Crippen molar-refractivity contribution in [3.05, 3.63) is 46.6 Å². The molecule has 0 amide bonds. The molecule has 5 nitrogen and oxygen atoms in total. The molecule has 1 aromatic heterocycles. The van der Waals surface area contributed by atoms with Crippen LogP contribution in [0.3, 0.4) is 0 Å². The number of alkyl halides is 3. The maximum Gasteiger partial charge on any atom is 0.416 e. The molecule has 27 heavy (non-hydrogen) atoms. The minimum atomic E-state index is -4.54. The summed E-state index contributed by atoms with van der Waals surface area (Å²) in [6.07, 6.45) is -4.96. The number of hydrogen-bond donors (Lipinski definition) is 1. The van der Waals surface area contributed by atoms with E-state index in [9.17, 15) is 27.9 Å². The van der Waals surface area contributed by atoms with Crippen LogP contribution in [-0.4, -0.2) is 28.4 Å². The van der Waals surface area contributed by atoms with Gasteiger partial charge >= 0.3 is 12.1 Å². The summed E-state index contributed by atoms with van der Waals surface area (Å²) < 4.78 is 42.9. The fourth-order valence-electron chi connectivity index (χ4n) is 2.27. The fourth-order valence-corrected chi connectivity index (χ4v) is 2.55. The number of pyridine rings is 1. The minimum Gasteiger partial charge on any atom is -0.506 e. The molecule has 9 heteroatoms. The van der Waals surface area contributed by atoms with Gasteiger partial charge in [-0.25, -0.2) is 4.98 Å². The first kappa shape index (κ1) is 20.7. The SMILES string of the molecule is CCOC(=O)CCC(=O)c1nc(-c2ccc(C(F)(F)F)cc2Cl)ccc1O. The molecule has 0 spiro atoms. The van der Waals surface area contributed by atoms with Crippen LogP contribution < -0.4 is 0 Å². The van der Waals surface area contributed by atoms with Gasteiger partial charge in [-0.3, -0.25) is 9.59 Å². The third-order valence-electron chi connectivity index (χ3n) is 3.57. The molecule has 1 aromatic carbocycles. The van der Waals surface area contributed by atoms with E-state index < -0.39 is 29.2 Å². The normalized spacial score (nSPS) is 11.3. The largest absolute Gasteiger partial charge is 0.506 e. The lowest BCUT2D eigenvalue weighted by Gasteiger charge is -2.11. The summed E-state index contributed by atoms with van der Waals surface area (Å²) in [6.45, 7) is 1.81. The number of esters is 1. The van der Waals surface area contributed by atoms with Crippen LogP contribution in [0.15, 0.2) is 30.3 Å². The molecule has 0 unspecified atom stereocenters. The molecule has 0 saturated carbocycles. The van der Waals surface area contributed by atoms with E-state index in [4.69, 9.17) is 16.3 Å². The molecule has 0 radical (unpaired) electrons. The zero-order valence-electron chi connectivity index (χ0n) is 14.1. The average molecular weight is 402 g/mol. The number of benzene rings is 1. The lowest BCUT2D eigenvalue weighted by Crippen LogP contribution is -2.09. The van der Waals surface area contributed by atoms with Crippen molar-refractivity contribution in [1.29, 1.82) is 0 Å². The van der Waals surface area contributed by atoms with E-state index in [0.29, 0.717) is 0 Å². The van der Waals surface area contributed by atoms with Crippen LogP contribution in [0, 0.1) is 0 Å². The van der Waals surface area contributed by atoms with Crippen LogP contribution in [0.25, 0.3) is 11.3 Å². The predicted octanol–water partition coefficient (Wildman–Crippen LogP) is 4.65. The van der Waals surface area contributed by atoms with Gasteiger partial charge in [-0.15, -0.1) is 0 Å². The van der Waals surface area contributed by atoms with Crippen molar-refractivity contribution in [2.45, 2.75) is 25.9 Å². The van der Waals surface area contributed by atoms with Crippen LogP contribution in [0.5, 0.6) is 5.75 Å². The topological polar surface area (TPSA) is 76.5 Å². The summed E-state index contributed by atoms with van der Waals surface area (Å²) in [5.74, 6) is -1.58. The Morgan fingerprint density at radius 3 is 2.48 bits per heavy atom. The Morgan fingerprint density at radius 2 is 1.89 bits per heavy atom. The number of carbonyl (C=O) groups is 2. The molecular weight excluding hydrogens is 387 g/mol. The summed E-state index contributed by atoms with van der Waals surface area (Å²) in [7, 11) is 0. The molecule has 0 atom stereocenters. The van der Waals surface area contributed by atoms with Gasteiger partial charge in [0.25, 0.3) is 0 Å². The van der Waals surface area contributed by atoms with E-state index in [-0.39, 0.29) is 41.4 Å². The number of halogens is 4. The molecule has 0 aliphatic carbocycles. The van der Waals surface area contributed by atoms with Crippen LogP contribution in [0.1, 0.15) is 35.8 Å². The summed E-state index contributed by atoms with van der Waals surface area (Å²) in [4.78, 5) is 27.6. The van der Waals surface area contributed by atoms with Gasteiger partial charge in [0.1, 0.15) is 11.4 Å². The Labute approximate surface area is 157 Å². The molecule has 144 valence electrons. The lowest BCUT2D eigenvalue weighted by atomic mass is 10.1. The van der Waals surface area contributed by atoms with E-state index in [1.807, 2.05) is 0 Å². The highest BCUT2D eigenvalue weighted by Crippen LogP contribution is 2.35. The molecule has 0 bridgehead atoms. The molecule has 2 rings (SSSR count). The van der Waals surface area contributed by atoms with Crippen LogP contribution in [0.2, 0.25) is 5.02 Å². The number of nitrogens with zero attached hydrogens (tertiary/aromatic N) is 1. The number of carbonyl (C=O) groups excluding carboxylic acids is 2. The summed E-state index contributed by atoms with van der Waals surface area (Å²) in [5, 5.41) is 9.66. The molecule has 1 N–H and O–H groups in total. The van der Waals surface area contributed by atoms with Gasteiger partial charge in [0.05, 0.1) is 29.3 Å². The Bertz CT molecular complexity index is 868. The van der Waals surface area contributed by atoms with Crippen molar-refractivity contribution in [2.75, 3.05) is 6.61 Å². The maximum atomic E-state index is 12.7. The zero-order chi connectivity index (χ0) is 20.2. The quantitative estimate of drug-likeness (QED) is 0.563. The van der Waals surface area contributed by atoms with E-state index >= 15 is 0 Å². The van der Waals surface area contributed by atoms with Gasteiger partial charge in [-0.05, 0) is 31.2 Å². The van der Waals surface area contributed by atoms with Crippen molar-refractivity contribution in [3.8, 4) is 17.0 Å². The van der Waals surface area contributed by atoms with E-state index in [2.05, 4.69) is 4.98 Å². The number of rotatable bonds is 6. The van der Waals surface area contributed by atoms with Crippen molar-refractivity contribution in [1.82, 2.24) is 4.98 Å². The van der Waals surface area contributed by atoms with E-state index in [0.717, 1.165) is 18.2 Å². The van der Waals surface area contributed by atoms with Crippen LogP contribution in [-0.2, 0) is 15.7 Å². The Balaban J connectivity index is 2.29. The number of Topliss-reactive ketones (excluding diaryl/α,β-unsaturated/α-hetero) is 1. The fraction of sp³-hybridized carbons (Fsp3) is 0.278. The lowest BCUT2D eigenvalue weighted by molar-refractivity contribution is -0.143. The highest BCUT2D eigenvalue weighted by atomic mass is 35.5. The van der Waals surface area contributed by atoms with Gasteiger partial charge in [-0.2, -0.15) is 13.2 Å². The first-order valence-electron chi connectivity index (χ1n) is 7.89. The highest BCUT2D eigenvalue weighted by Gasteiger charge is 2.31. The van der Waals surface area contributed by atoms with E-state index in [1.165, 1.54) is 12.1 Å². The average Bonchev–Trinajstić information content (AvgIpc) is 2.59. The van der Waals surface area contributed by atoms with Gasteiger partial charge in [0.2, 0.25) is 0 Å². The molecule has 0 aliphatic heterocycles. The zero-order valence-corrected chi connectivity index (χ0v) is 14.9. The van der Waals surface area contributed by atoms with Gasteiger partial charge < -0.3 is 9.84 Å². The van der Waals surface area contributed by atoms with Crippen molar-refractivity contribution < 1.29 is 32.6 Å². The minimum absolute atomic E-state index is 0.117. The second-order valence-corrected chi connectivity index (χ2v) is 5.89. The predicted molar refractivity (Wildman–Crippen MR) is 91.5 cm³/mol. The summed E-state index contributed by atoms with van der Waals surface area (Å²) in [5.41, 5.74) is -0.927. The number of aromatic nitrogens is 1. The first-order valence-corrected chi connectivity index (χ1v) is 8.27. The molecule has 0 saturated heterocycles. The number of ketones is 1. The summed E-state index contributed by atoms with van der Waals surface area (Å²) in [6, 6.07) is 5.25. The number of aromatic hydroxyl groups is 1. The molecular formula is C18H15ClF3NO4. The van der Waals surface area contributed by atoms with Gasteiger partial charge in [-0.1, -0.05) is 17.7 Å². The molecule has 0 fully saturated rings. The van der Waals surface area contributed by atoms with Crippen molar-refractivity contribution in [2.24, 2.45) is 0 Å². The third kappa shape index (κ3) is 5.19. The second kappa shape index (κ2) is 8.39. The van der Waals surface area contributed by atoms with Crippen LogP contribution >= 0.6 is 11.6 Å². The van der Waals surface area contributed by atoms with E-state index in [1.54, 1.807) is 6.92 Å². The molecule has 1 heterocycles. The first-order chi connectivity index (χ1) is 12.6. The number of hydrogen-bond acceptors (Lipinski definition) is 5. The van der Waals surface area contributed by atoms with Crippen molar-refractivity contribution >= 4 is 23.4 Å². The maximum absolute atomic E-state index is 12.7.